The number of carbonyl (C=O) groups excluding carboxylic acids is 1. The molecule has 0 saturated carbocycles. The molecular weight excluding hydrogens is 497 g/mol. The first-order valence-electron chi connectivity index (χ1n) is 11.4. The van der Waals surface area contributed by atoms with Crippen molar-refractivity contribution in [1.29, 1.82) is 0 Å². The van der Waals surface area contributed by atoms with Crippen LogP contribution < -0.4 is 4.90 Å². The van der Waals surface area contributed by atoms with Crippen LogP contribution in [0.5, 0.6) is 0 Å². The molecule has 36 heavy (non-hydrogen) atoms. The Bertz CT molecular complexity index is 1230. The van der Waals surface area contributed by atoms with Crippen LogP contribution in [0, 0.1) is 5.92 Å². The molecule has 0 aliphatic rings. The van der Waals surface area contributed by atoms with Crippen LogP contribution in [0.1, 0.15) is 42.6 Å². The molecule has 0 aliphatic heterocycles. The van der Waals surface area contributed by atoms with Gasteiger partial charge in [-0.1, -0.05) is 65.2 Å². The molecule has 0 fully saturated rings. The second-order valence-electron chi connectivity index (χ2n) is 8.43. The number of nitrogens with zero attached hydrogens (tertiary/aromatic N) is 3. The third-order valence-corrected chi connectivity index (χ3v) is 6.06. The van der Waals surface area contributed by atoms with Crippen molar-refractivity contribution in [3.63, 3.8) is 0 Å². The van der Waals surface area contributed by atoms with E-state index in [0.717, 1.165) is 11.3 Å². The molecule has 1 N–H and O–H groups in total. The maximum Gasteiger partial charge on any atom is 0.307 e. The number of rotatable bonds is 11. The lowest BCUT2D eigenvalue weighted by Gasteiger charge is -2.21. The van der Waals surface area contributed by atoms with Crippen molar-refractivity contribution in [2.45, 2.75) is 26.7 Å². The second-order valence-corrected chi connectivity index (χ2v) is 9.24. The van der Waals surface area contributed by atoms with Crippen molar-refractivity contribution in [1.82, 2.24) is 9.97 Å². The quantitative estimate of drug-likeness (QED) is 0.210. The fourth-order valence-electron chi connectivity index (χ4n) is 3.50. The fraction of sp³-hybridized carbons (Fsp3) is 0.214. The summed E-state index contributed by atoms with van der Waals surface area (Å²) >= 11 is 12.2. The number of carboxylic acid groups (broad SMARTS) is 1. The highest BCUT2D eigenvalue weighted by molar-refractivity contribution is 6.39. The van der Waals surface area contributed by atoms with E-state index >= 15 is 0 Å². The lowest BCUT2D eigenvalue weighted by Crippen LogP contribution is -2.19. The third-order valence-electron chi connectivity index (χ3n) is 5.43. The van der Waals surface area contributed by atoms with Crippen molar-refractivity contribution in [3.8, 4) is 0 Å². The summed E-state index contributed by atoms with van der Waals surface area (Å²) < 4.78 is 0. The van der Waals surface area contributed by atoms with Crippen molar-refractivity contribution in [2.75, 3.05) is 11.4 Å². The molecule has 0 amide bonds. The number of aromatic nitrogens is 2. The summed E-state index contributed by atoms with van der Waals surface area (Å²) in [5, 5.41) is 10.1. The Balaban J connectivity index is 1.69. The predicted octanol–water partition coefficient (Wildman–Crippen LogP) is 7.26. The SMILES string of the molecule is CC(C)=CCN(c1ccc(/C=C/CC(CC(=O)c2c(Cl)cccc2Cl)C(=O)O)cc1)c1ncccn1. The Morgan fingerprint density at radius 1 is 1.00 bits per heavy atom. The van der Waals surface area contributed by atoms with E-state index < -0.39 is 17.7 Å². The summed E-state index contributed by atoms with van der Waals surface area (Å²) in [5.74, 6) is -1.74. The molecule has 8 heteroatoms. The smallest absolute Gasteiger partial charge is 0.307 e. The number of allylic oxidation sites excluding steroid dienone is 2. The minimum Gasteiger partial charge on any atom is -0.481 e. The molecule has 0 spiro atoms. The highest BCUT2D eigenvalue weighted by Gasteiger charge is 2.23. The zero-order valence-corrected chi connectivity index (χ0v) is 21.6. The number of hydrogen-bond acceptors (Lipinski definition) is 5. The predicted molar refractivity (Wildman–Crippen MR) is 145 cm³/mol. The first-order chi connectivity index (χ1) is 17.3. The van der Waals surface area contributed by atoms with Crippen LogP contribution in [0.25, 0.3) is 6.08 Å². The van der Waals surface area contributed by atoms with E-state index in [4.69, 9.17) is 23.2 Å². The Morgan fingerprint density at radius 3 is 2.22 bits per heavy atom. The van der Waals surface area contributed by atoms with Crippen molar-refractivity contribution in [3.05, 3.63) is 99.8 Å². The normalized spacial score (nSPS) is 11.8. The monoisotopic (exact) mass is 523 g/mol. The van der Waals surface area contributed by atoms with E-state index in [1.165, 1.54) is 5.57 Å². The minimum atomic E-state index is -1.05. The number of anilines is 2. The fourth-order valence-corrected chi connectivity index (χ4v) is 4.11. The van der Waals surface area contributed by atoms with Crippen molar-refractivity contribution >= 4 is 52.7 Å². The van der Waals surface area contributed by atoms with Crippen LogP contribution >= 0.6 is 23.2 Å². The maximum atomic E-state index is 12.7. The number of halogens is 2. The van der Waals surface area contributed by atoms with Gasteiger partial charge in [-0.3, -0.25) is 9.59 Å². The average Bonchev–Trinajstić information content (AvgIpc) is 2.84. The zero-order valence-electron chi connectivity index (χ0n) is 20.1. The standard InChI is InChI=1S/C28H27Cl2N3O3/c1-19(2)14-17-33(28-31-15-5-16-32-28)22-12-10-20(11-13-22)6-3-7-21(27(35)36)18-25(34)26-23(29)8-4-9-24(26)30/h3-6,8-16,21H,7,17-18H2,1-2H3,(H,35,36)/b6-3+. The van der Waals surface area contributed by atoms with Crippen LogP contribution in [-0.2, 0) is 4.79 Å². The van der Waals surface area contributed by atoms with Gasteiger partial charge in [-0.15, -0.1) is 0 Å². The number of carboxylic acids is 1. The largest absolute Gasteiger partial charge is 0.481 e. The van der Waals surface area contributed by atoms with Gasteiger partial charge in [-0.05, 0) is 56.2 Å². The van der Waals surface area contributed by atoms with E-state index in [2.05, 4.69) is 16.0 Å². The summed E-state index contributed by atoms with van der Waals surface area (Å²) in [6.45, 7) is 4.71. The molecule has 6 nitrogen and oxygen atoms in total. The van der Waals surface area contributed by atoms with Crippen LogP contribution in [0.4, 0.5) is 11.6 Å². The number of hydrogen-bond donors (Lipinski definition) is 1. The van der Waals surface area contributed by atoms with Gasteiger partial charge in [-0.2, -0.15) is 0 Å². The Labute approximate surface area is 220 Å². The molecule has 1 aromatic heterocycles. The third kappa shape index (κ3) is 7.51. The minimum absolute atomic E-state index is 0.159. The molecule has 0 saturated heterocycles. The molecule has 0 bridgehead atoms. The number of Topliss-reactive ketones (excluding diaryl/α,β-unsaturated/α-hetero) is 1. The lowest BCUT2D eigenvalue weighted by molar-refractivity contribution is -0.141. The molecule has 0 aliphatic carbocycles. The summed E-state index contributed by atoms with van der Waals surface area (Å²) in [4.78, 5) is 35.2. The molecule has 2 aromatic carbocycles. The molecule has 1 heterocycles. The molecule has 3 rings (SSSR count). The van der Waals surface area contributed by atoms with Crippen LogP contribution in [-0.4, -0.2) is 33.4 Å². The maximum absolute atomic E-state index is 12.7. The highest BCUT2D eigenvalue weighted by atomic mass is 35.5. The second kappa shape index (κ2) is 13.0. The Hall–Kier alpha value is -3.48. The number of ketones is 1. The summed E-state index contributed by atoms with van der Waals surface area (Å²) in [7, 11) is 0. The van der Waals surface area contributed by atoms with Crippen molar-refractivity contribution in [2.24, 2.45) is 5.92 Å². The van der Waals surface area contributed by atoms with Crippen LogP contribution in [0.3, 0.4) is 0 Å². The number of aliphatic carboxylic acids is 1. The molecule has 0 radical (unpaired) electrons. The molecule has 186 valence electrons. The van der Waals surface area contributed by atoms with Gasteiger partial charge in [0.25, 0.3) is 0 Å². The van der Waals surface area contributed by atoms with Gasteiger partial charge in [0.05, 0.1) is 21.5 Å². The number of benzene rings is 2. The molecule has 3 aromatic rings. The first kappa shape index (κ1) is 27.1. The van der Waals surface area contributed by atoms with E-state index in [-0.39, 0.29) is 28.5 Å². The van der Waals surface area contributed by atoms with Gasteiger partial charge in [-0.25, -0.2) is 9.97 Å². The van der Waals surface area contributed by atoms with Gasteiger partial charge in [0.1, 0.15) is 0 Å². The zero-order chi connectivity index (χ0) is 26.1. The van der Waals surface area contributed by atoms with Gasteiger partial charge in [0, 0.05) is 31.0 Å². The van der Waals surface area contributed by atoms with Crippen molar-refractivity contribution < 1.29 is 14.7 Å². The summed E-state index contributed by atoms with van der Waals surface area (Å²) in [6, 6.07) is 14.3. The van der Waals surface area contributed by atoms with Gasteiger partial charge >= 0.3 is 5.97 Å². The van der Waals surface area contributed by atoms with E-state index in [9.17, 15) is 14.7 Å². The van der Waals surface area contributed by atoms with Crippen LogP contribution in [0.15, 0.2) is 78.6 Å². The number of carbonyl (C=O) groups is 2. The average molecular weight is 524 g/mol. The first-order valence-corrected chi connectivity index (χ1v) is 12.2. The molecular formula is C28H27Cl2N3O3. The Morgan fingerprint density at radius 2 is 1.64 bits per heavy atom. The Kier molecular flexibility index (Phi) is 9.79. The van der Waals surface area contributed by atoms with E-state index in [1.807, 2.05) is 49.1 Å². The van der Waals surface area contributed by atoms with E-state index in [0.29, 0.717) is 12.5 Å². The molecule has 1 unspecified atom stereocenters. The van der Waals surface area contributed by atoms with Gasteiger partial charge in [0.15, 0.2) is 5.78 Å². The summed E-state index contributed by atoms with van der Waals surface area (Å²) in [6.07, 6.45) is 9.11. The van der Waals surface area contributed by atoms with Gasteiger partial charge in [0.2, 0.25) is 5.95 Å². The summed E-state index contributed by atoms with van der Waals surface area (Å²) in [5.41, 5.74) is 3.19. The topological polar surface area (TPSA) is 83.4 Å². The lowest BCUT2D eigenvalue weighted by atomic mass is 9.95. The van der Waals surface area contributed by atoms with Crippen LogP contribution in [0.2, 0.25) is 10.0 Å². The highest BCUT2D eigenvalue weighted by Crippen LogP contribution is 2.28. The van der Waals surface area contributed by atoms with Gasteiger partial charge < -0.3 is 10.0 Å². The van der Waals surface area contributed by atoms with E-state index in [1.54, 1.807) is 42.7 Å². The molecule has 1 atom stereocenters.